The lowest BCUT2D eigenvalue weighted by molar-refractivity contribution is 0.00578. The highest BCUT2D eigenvalue weighted by molar-refractivity contribution is 6.62. The maximum absolute atomic E-state index is 9.41. The summed E-state index contributed by atoms with van der Waals surface area (Å²) in [6, 6.07) is 3.57. The van der Waals surface area contributed by atoms with E-state index in [1.165, 1.54) is 4.57 Å². The molecule has 0 saturated carbocycles. The fourth-order valence-corrected chi connectivity index (χ4v) is 5.36. The summed E-state index contributed by atoms with van der Waals surface area (Å²) in [6.07, 6.45) is 0. The number of benzene rings is 5. The van der Waals surface area contributed by atoms with E-state index in [9.17, 15) is 2.74 Å². The topological polar surface area (TPSA) is 36.5 Å². The lowest BCUT2D eigenvalue weighted by atomic mass is 9.79. The number of hydrogen-bond donors (Lipinski definition) is 0. The van der Waals surface area contributed by atoms with Crippen LogP contribution in [-0.4, -0.2) is 22.9 Å². The van der Waals surface area contributed by atoms with Gasteiger partial charge in [0, 0.05) is 21.5 Å². The highest BCUT2D eigenvalue weighted by Gasteiger charge is 2.51. The Morgan fingerprint density at radius 2 is 1.41 bits per heavy atom. The average molecular weight is 548 g/mol. The summed E-state index contributed by atoms with van der Waals surface area (Å²) in [6.45, 7) is 7.82. The molecule has 5 heteroatoms. The second-order valence-corrected chi connectivity index (χ2v) is 11.1. The van der Waals surface area contributed by atoms with Crippen molar-refractivity contribution in [3.05, 3.63) is 109 Å². The van der Waals surface area contributed by atoms with E-state index in [1.54, 1.807) is 12.1 Å². The van der Waals surface area contributed by atoms with Crippen molar-refractivity contribution in [1.29, 1.82) is 0 Å². The summed E-state index contributed by atoms with van der Waals surface area (Å²) >= 11 is 0. The summed E-state index contributed by atoms with van der Waals surface area (Å²) in [5.41, 5.74) is -0.476. The Morgan fingerprint density at radius 1 is 0.683 bits per heavy atom. The summed E-state index contributed by atoms with van der Waals surface area (Å²) in [5, 5.41) is 1.09. The molecule has 0 radical (unpaired) electrons. The number of para-hydroxylation sites is 2. The molecule has 1 aliphatic heterocycles. The van der Waals surface area contributed by atoms with E-state index >= 15 is 0 Å². The molecule has 0 N–H and O–H groups in total. The molecule has 41 heavy (non-hydrogen) atoms. The summed E-state index contributed by atoms with van der Waals surface area (Å²) in [7, 11) is -0.667. The van der Waals surface area contributed by atoms with E-state index in [0.717, 1.165) is 5.39 Å². The third-order valence-electron chi connectivity index (χ3n) is 8.18. The first kappa shape index (κ1) is 15.1. The highest BCUT2D eigenvalue weighted by Crippen LogP contribution is 2.40. The predicted octanol–water partition coefficient (Wildman–Crippen LogP) is 8.65. The number of furan rings is 1. The van der Waals surface area contributed by atoms with Crippen LogP contribution in [0.25, 0.3) is 60.6 Å². The largest absolute Gasteiger partial charge is 0.494 e. The zero-order valence-electron chi connectivity index (χ0n) is 34.7. The molecule has 0 aliphatic carbocycles. The Kier molecular flexibility index (Phi) is 3.16. The molecular weight excluding hydrogens is 505 g/mol. The van der Waals surface area contributed by atoms with Gasteiger partial charge >= 0.3 is 7.12 Å². The van der Waals surface area contributed by atoms with Crippen LogP contribution in [0.15, 0.2) is 113 Å². The lowest BCUT2D eigenvalue weighted by Gasteiger charge is -2.32. The van der Waals surface area contributed by atoms with Gasteiger partial charge in [0.25, 0.3) is 0 Å². The Labute approximate surface area is 256 Å². The first-order chi connectivity index (χ1) is 24.8. The SMILES string of the molecule is [2H]c1c([2H])c([2H])c(-c2c([2H])c([2H])c3c(c2[2H])c2c([2H])c([2H])c([2H])c([2H])c2n3-c2cccc3c2oc2cc(B4OC(C)(C)C(C)(C)O4)ccc23)c([2H])c1[2H]. The highest BCUT2D eigenvalue weighted by atomic mass is 16.7. The molecule has 0 bridgehead atoms. The first-order valence-corrected chi connectivity index (χ1v) is 13.2. The molecule has 0 spiro atoms. The van der Waals surface area contributed by atoms with E-state index in [2.05, 4.69) is 0 Å². The molecule has 3 heterocycles. The van der Waals surface area contributed by atoms with E-state index in [0.29, 0.717) is 22.0 Å². The van der Waals surface area contributed by atoms with E-state index in [4.69, 9.17) is 27.4 Å². The zero-order chi connectivity index (χ0) is 38.4. The second-order valence-electron chi connectivity index (χ2n) is 11.1. The number of hydrogen-bond acceptors (Lipinski definition) is 3. The van der Waals surface area contributed by atoms with Crippen LogP contribution in [0.1, 0.15) is 44.1 Å². The quantitative estimate of drug-likeness (QED) is 0.208. The molecule has 8 rings (SSSR count). The molecular formula is C36H30BNO3. The van der Waals surface area contributed by atoms with Crippen molar-refractivity contribution >= 4 is 56.3 Å². The van der Waals surface area contributed by atoms with Gasteiger partial charge in [-0.05, 0) is 74.5 Å². The molecule has 5 aromatic carbocycles. The molecule has 1 aliphatic rings. The summed E-state index contributed by atoms with van der Waals surface area (Å²) in [4.78, 5) is 0. The van der Waals surface area contributed by atoms with Crippen molar-refractivity contribution in [2.75, 3.05) is 0 Å². The fourth-order valence-electron chi connectivity index (χ4n) is 5.36. The van der Waals surface area contributed by atoms with Crippen LogP contribution in [0.3, 0.4) is 0 Å². The van der Waals surface area contributed by atoms with Crippen molar-refractivity contribution in [1.82, 2.24) is 4.57 Å². The molecule has 2 aromatic heterocycles. The zero-order valence-corrected chi connectivity index (χ0v) is 22.7. The van der Waals surface area contributed by atoms with Gasteiger partial charge in [-0.2, -0.15) is 0 Å². The van der Waals surface area contributed by atoms with Crippen LogP contribution in [-0.2, 0) is 9.31 Å². The Bertz CT molecular complexity index is 2750. The lowest BCUT2D eigenvalue weighted by Crippen LogP contribution is -2.41. The number of rotatable bonds is 3. The number of aromatic nitrogens is 1. The first-order valence-electron chi connectivity index (χ1n) is 19.2. The van der Waals surface area contributed by atoms with Crippen molar-refractivity contribution in [2.24, 2.45) is 0 Å². The van der Waals surface area contributed by atoms with Gasteiger partial charge in [-0.25, -0.2) is 0 Å². The van der Waals surface area contributed by atoms with Crippen molar-refractivity contribution < 1.29 is 30.2 Å². The molecule has 200 valence electrons. The summed E-state index contributed by atoms with van der Waals surface area (Å²) < 4.78 is 125. The third kappa shape index (κ3) is 3.63. The molecule has 7 aromatic rings. The normalized spacial score (nSPS) is 20.5. The molecule has 0 unspecified atom stereocenters. The average Bonchev–Trinajstić information content (AvgIpc) is 3.74. The van der Waals surface area contributed by atoms with Gasteiger partial charge < -0.3 is 18.3 Å². The minimum Gasteiger partial charge on any atom is -0.454 e. The van der Waals surface area contributed by atoms with Gasteiger partial charge in [-0.15, -0.1) is 0 Å². The Hall–Kier alpha value is -4.32. The molecule has 4 nitrogen and oxygen atoms in total. The van der Waals surface area contributed by atoms with Gasteiger partial charge in [0.2, 0.25) is 0 Å². The smallest absolute Gasteiger partial charge is 0.454 e. The monoisotopic (exact) mass is 547 g/mol. The van der Waals surface area contributed by atoms with Gasteiger partial charge in [0.05, 0.1) is 44.4 Å². The maximum atomic E-state index is 9.41. The third-order valence-corrected chi connectivity index (χ3v) is 8.18. The predicted molar refractivity (Wildman–Crippen MR) is 169 cm³/mol. The number of fused-ring (bicyclic) bond motifs is 6. The van der Waals surface area contributed by atoms with Crippen LogP contribution in [0.4, 0.5) is 0 Å². The van der Waals surface area contributed by atoms with E-state index < -0.39 is 102 Å². The molecule has 0 amide bonds. The van der Waals surface area contributed by atoms with Crippen LogP contribution in [0.2, 0.25) is 0 Å². The van der Waals surface area contributed by atoms with Gasteiger partial charge in [-0.1, -0.05) is 78.6 Å². The van der Waals surface area contributed by atoms with Crippen LogP contribution in [0, 0.1) is 0 Å². The van der Waals surface area contributed by atoms with E-state index in [1.807, 2.05) is 52.0 Å². The fraction of sp³-hybridized carbons (Fsp3) is 0.167. The maximum Gasteiger partial charge on any atom is 0.494 e. The standard InChI is InChI=1S/C36H30BNO3/c1-35(2)36(3,4)41-37(40-35)25-18-19-27-28-14-10-16-32(34(28)39-33(27)22-25)38-30-15-9-8-13-26(30)29-21-24(17-20-31(29)38)23-11-6-5-7-12-23/h5-22H,1-4H3/i5D,6D,7D,8D,9D,11D,12D,13D,15D,17D,20D,21D. The molecule has 1 saturated heterocycles. The Balaban J connectivity index is 1.48. The van der Waals surface area contributed by atoms with E-state index in [-0.39, 0.29) is 27.5 Å². The Morgan fingerprint density at radius 3 is 2.22 bits per heavy atom. The number of nitrogens with zero attached hydrogens (tertiary/aromatic N) is 1. The minimum atomic E-state index is -0.686. The van der Waals surface area contributed by atoms with Gasteiger partial charge in [0.15, 0.2) is 5.58 Å². The van der Waals surface area contributed by atoms with Crippen LogP contribution >= 0.6 is 0 Å². The van der Waals surface area contributed by atoms with Crippen LogP contribution < -0.4 is 5.46 Å². The van der Waals surface area contributed by atoms with Crippen LogP contribution in [0.5, 0.6) is 0 Å². The summed E-state index contributed by atoms with van der Waals surface area (Å²) in [5.74, 6) is 0. The van der Waals surface area contributed by atoms with Crippen molar-refractivity contribution in [3.63, 3.8) is 0 Å². The van der Waals surface area contributed by atoms with Crippen molar-refractivity contribution in [3.8, 4) is 16.8 Å². The molecule has 1 fully saturated rings. The van der Waals surface area contributed by atoms with Gasteiger partial charge in [0.1, 0.15) is 5.58 Å². The minimum absolute atomic E-state index is 0.0866. The van der Waals surface area contributed by atoms with Gasteiger partial charge in [-0.3, -0.25) is 0 Å². The second kappa shape index (κ2) is 8.59. The van der Waals surface area contributed by atoms with Crippen molar-refractivity contribution in [2.45, 2.75) is 38.9 Å². The molecule has 0 atom stereocenters.